The normalized spacial score (nSPS) is 19.3. The molecule has 0 unspecified atom stereocenters. The van der Waals surface area contributed by atoms with E-state index in [2.05, 4.69) is 12.2 Å². The van der Waals surface area contributed by atoms with Crippen LogP contribution in [-0.4, -0.2) is 56.8 Å². The third-order valence-corrected chi connectivity index (χ3v) is 5.60. The Morgan fingerprint density at radius 3 is 2.26 bits per heavy atom. The Bertz CT molecular complexity index is 325. The molecule has 0 bridgehead atoms. The molecule has 1 aliphatic heterocycles. The fourth-order valence-corrected chi connectivity index (χ4v) is 3.84. The molecule has 1 fully saturated rings. The number of hydrogen-bond acceptors (Lipinski definition) is 3. The van der Waals surface area contributed by atoms with Crippen LogP contribution in [0.5, 0.6) is 0 Å². The number of hydrogen-bond donors (Lipinski definition) is 1. The molecule has 1 saturated heterocycles. The molecular formula is C13H29N3O2S. The Labute approximate surface area is 118 Å². The molecular weight excluding hydrogens is 262 g/mol. The van der Waals surface area contributed by atoms with Gasteiger partial charge in [-0.05, 0) is 32.4 Å². The molecule has 0 aromatic rings. The largest absolute Gasteiger partial charge is 0.317 e. The summed E-state index contributed by atoms with van der Waals surface area (Å²) in [5, 5.41) is 3.22. The van der Waals surface area contributed by atoms with Crippen molar-refractivity contribution in [2.45, 2.75) is 45.4 Å². The van der Waals surface area contributed by atoms with Crippen molar-refractivity contribution in [1.29, 1.82) is 0 Å². The second kappa shape index (κ2) is 8.89. The van der Waals surface area contributed by atoms with Gasteiger partial charge >= 0.3 is 0 Å². The Hall–Kier alpha value is -0.170. The summed E-state index contributed by atoms with van der Waals surface area (Å²) in [6.07, 6.45) is 6.38. The maximum Gasteiger partial charge on any atom is 0.281 e. The van der Waals surface area contributed by atoms with Gasteiger partial charge in [0.1, 0.15) is 0 Å². The summed E-state index contributed by atoms with van der Waals surface area (Å²) in [4.78, 5) is 0. The molecule has 0 aromatic heterocycles. The summed E-state index contributed by atoms with van der Waals surface area (Å²) >= 11 is 0. The van der Waals surface area contributed by atoms with Crippen LogP contribution >= 0.6 is 0 Å². The number of nitrogens with one attached hydrogen (secondary N) is 1. The molecule has 0 aromatic carbocycles. The van der Waals surface area contributed by atoms with E-state index in [0.29, 0.717) is 19.6 Å². The zero-order chi connectivity index (χ0) is 14.1. The minimum Gasteiger partial charge on any atom is -0.317 e. The molecule has 1 aliphatic rings. The van der Waals surface area contributed by atoms with E-state index in [1.165, 1.54) is 10.7 Å². The Kier molecular flexibility index (Phi) is 7.90. The van der Waals surface area contributed by atoms with Crippen molar-refractivity contribution in [3.05, 3.63) is 0 Å². The SMILES string of the molecule is CCNCCCN(C)S(=O)(=O)N1CCCCCCC1. The average molecular weight is 291 g/mol. The molecule has 5 nitrogen and oxygen atoms in total. The van der Waals surface area contributed by atoms with Crippen LogP contribution in [-0.2, 0) is 10.2 Å². The van der Waals surface area contributed by atoms with Crippen molar-refractivity contribution in [3.63, 3.8) is 0 Å². The molecule has 1 rings (SSSR count). The van der Waals surface area contributed by atoms with Gasteiger partial charge in [0.15, 0.2) is 0 Å². The minimum absolute atomic E-state index is 0.589. The standard InChI is InChI=1S/C13H29N3O2S/c1-3-14-10-9-11-15(2)19(17,18)16-12-7-5-4-6-8-13-16/h14H,3-13H2,1-2H3. The smallest absolute Gasteiger partial charge is 0.281 e. The lowest BCUT2D eigenvalue weighted by Crippen LogP contribution is -2.44. The first-order chi connectivity index (χ1) is 9.09. The van der Waals surface area contributed by atoms with Crippen molar-refractivity contribution < 1.29 is 8.42 Å². The van der Waals surface area contributed by atoms with Crippen LogP contribution in [0.25, 0.3) is 0 Å². The summed E-state index contributed by atoms with van der Waals surface area (Å²) in [6, 6.07) is 0. The highest BCUT2D eigenvalue weighted by Gasteiger charge is 2.26. The summed E-state index contributed by atoms with van der Waals surface area (Å²) in [7, 11) is -1.56. The van der Waals surface area contributed by atoms with Crippen LogP contribution in [0.2, 0.25) is 0 Å². The lowest BCUT2D eigenvalue weighted by Gasteiger charge is -2.28. The Morgan fingerprint density at radius 2 is 1.68 bits per heavy atom. The molecule has 114 valence electrons. The molecule has 1 N–H and O–H groups in total. The monoisotopic (exact) mass is 291 g/mol. The minimum atomic E-state index is -3.25. The van der Waals surface area contributed by atoms with E-state index in [9.17, 15) is 8.42 Å². The number of rotatable bonds is 7. The van der Waals surface area contributed by atoms with Crippen molar-refractivity contribution in [2.75, 3.05) is 39.8 Å². The van der Waals surface area contributed by atoms with Gasteiger partial charge in [-0.3, -0.25) is 0 Å². The van der Waals surface area contributed by atoms with Gasteiger partial charge in [0.25, 0.3) is 10.2 Å². The maximum absolute atomic E-state index is 12.4. The summed E-state index contributed by atoms with van der Waals surface area (Å²) in [5.74, 6) is 0. The third-order valence-electron chi connectivity index (χ3n) is 3.61. The summed E-state index contributed by atoms with van der Waals surface area (Å²) in [6.45, 7) is 5.81. The highest BCUT2D eigenvalue weighted by Crippen LogP contribution is 2.15. The predicted octanol–water partition coefficient (Wildman–Crippen LogP) is 1.43. The fraction of sp³-hybridized carbons (Fsp3) is 1.00. The molecule has 0 aliphatic carbocycles. The van der Waals surface area contributed by atoms with Crippen LogP contribution in [0.1, 0.15) is 45.4 Å². The first kappa shape index (κ1) is 16.9. The second-order valence-electron chi connectivity index (χ2n) is 5.20. The van der Waals surface area contributed by atoms with Crippen LogP contribution in [0, 0.1) is 0 Å². The molecule has 0 atom stereocenters. The average Bonchev–Trinajstić information content (AvgIpc) is 2.33. The Balaban J connectivity index is 2.46. The van der Waals surface area contributed by atoms with Gasteiger partial charge in [-0.2, -0.15) is 17.0 Å². The summed E-state index contributed by atoms with van der Waals surface area (Å²) in [5.41, 5.74) is 0. The van der Waals surface area contributed by atoms with Crippen LogP contribution in [0.3, 0.4) is 0 Å². The number of nitrogens with zero attached hydrogens (tertiary/aromatic N) is 2. The first-order valence-electron chi connectivity index (χ1n) is 7.51. The van der Waals surface area contributed by atoms with E-state index in [1.54, 1.807) is 11.4 Å². The first-order valence-corrected chi connectivity index (χ1v) is 8.91. The fourth-order valence-electron chi connectivity index (χ4n) is 2.37. The molecule has 0 spiro atoms. The van der Waals surface area contributed by atoms with Gasteiger partial charge in [0, 0.05) is 26.7 Å². The third kappa shape index (κ3) is 5.77. The van der Waals surface area contributed by atoms with E-state index in [0.717, 1.165) is 45.2 Å². The lowest BCUT2D eigenvalue weighted by atomic mass is 10.1. The molecule has 6 heteroatoms. The van der Waals surface area contributed by atoms with Crippen LogP contribution in [0.15, 0.2) is 0 Å². The molecule has 1 heterocycles. The molecule has 0 saturated carbocycles. The van der Waals surface area contributed by atoms with Crippen molar-refractivity contribution >= 4 is 10.2 Å². The van der Waals surface area contributed by atoms with Crippen molar-refractivity contribution in [3.8, 4) is 0 Å². The summed E-state index contributed by atoms with van der Waals surface area (Å²) < 4.78 is 28.1. The van der Waals surface area contributed by atoms with Gasteiger partial charge in [-0.25, -0.2) is 0 Å². The van der Waals surface area contributed by atoms with Crippen LogP contribution < -0.4 is 5.32 Å². The van der Waals surface area contributed by atoms with Crippen molar-refractivity contribution in [1.82, 2.24) is 13.9 Å². The van der Waals surface area contributed by atoms with E-state index >= 15 is 0 Å². The van der Waals surface area contributed by atoms with Crippen molar-refractivity contribution in [2.24, 2.45) is 0 Å². The molecule has 0 amide bonds. The van der Waals surface area contributed by atoms with Gasteiger partial charge in [-0.1, -0.05) is 26.2 Å². The highest BCUT2D eigenvalue weighted by molar-refractivity contribution is 7.86. The second-order valence-corrected chi connectivity index (χ2v) is 7.24. The van der Waals surface area contributed by atoms with E-state index in [4.69, 9.17) is 0 Å². The van der Waals surface area contributed by atoms with E-state index in [1.807, 2.05) is 0 Å². The van der Waals surface area contributed by atoms with E-state index in [-0.39, 0.29) is 0 Å². The van der Waals surface area contributed by atoms with Gasteiger partial charge < -0.3 is 5.32 Å². The molecule has 19 heavy (non-hydrogen) atoms. The quantitative estimate of drug-likeness (QED) is 0.722. The molecule has 0 radical (unpaired) electrons. The van der Waals surface area contributed by atoms with E-state index < -0.39 is 10.2 Å². The van der Waals surface area contributed by atoms with Gasteiger partial charge in [0.2, 0.25) is 0 Å². The van der Waals surface area contributed by atoms with Gasteiger partial charge in [0.05, 0.1) is 0 Å². The highest BCUT2D eigenvalue weighted by atomic mass is 32.2. The zero-order valence-corrected chi connectivity index (χ0v) is 13.2. The van der Waals surface area contributed by atoms with Gasteiger partial charge in [-0.15, -0.1) is 0 Å². The maximum atomic E-state index is 12.4. The Morgan fingerprint density at radius 1 is 1.11 bits per heavy atom. The lowest BCUT2D eigenvalue weighted by molar-refractivity contribution is 0.328. The van der Waals surface area contributed by atoms with Crippen LogP contribution in [0.4, 0.5) is 0 Å². The zero-order valence-electron chi connectivity index (χ0n) is 12.4. The topological polar surface area (TPSA) is 52.7 Å². The predicted molar refractivity (Wildman–Crippen MR) is 79.4 cm³/mol.